The maximum atomic E-state index is 5.37. The van der Waals surface area contributed by atoms with E-state index in [4.69, 9.17) is 10.6 Å². The minimum absolute atomic E-state index is 0.249. The summed E-state index contributed by atoms with van der Waals surface area (Å²) in [5, 5.41) is 3.10. The molecule has 6 heteroatoms. The Morgan fingerprint density at radius 3 is 3.00 bits per heavy atom. The van der Waals surface area contributed by atoms with Crippen LogP contribution in [-0.2, 0) is 4.74 Å². The van der Waals surface area contributed by atoms with Crippen molar-refractivity contribution in [1.29, 1.82) is 0 Å². The molecular formula is C9H17N5O. The number of nitrogens with zero attached hydrogens (tertiary/aromatic N) is 2. The van der Waals surface area contributed by atoms with Crippen molar-refractivity contribution in [3.8, 4) is 0 Å². The van der Waals surface area contributed by atoms with E-state index in [9.17, 15) is 0 Å². The first-order chi connectivity index (χ1) is 7.22. The highest BCUT2D eigenvalue weighted by molar-refractivity contribution is 5.38. The number of ether oxygens (including phenoxy) is 1. The summed E-state index contributed by atoms with van der Waals surface area (Å²) in [6.45, 7) is 5.36. The van der Waals surface area contributed by atoms with Gasteiger partial charge in [0, 0.05) is 12.7 Å². The molecule has 0 radical (unpaired) electrons. The molecule has 0 amide bonds. The zero-order valence-corrected chi connectivity index (χ0v) is 9.03. The lowest BCUT2D eigenvalue weighted by atomic mass is 10.5. The van der Waals surface area contributed by atoms with E-state index in [2.05, 4.69) is 20.7 Å². The number of hydrogen-bond acceptors (Lipinski definition) is 6. The van der Waals surface area contributed by atoms with Crippen molar-refractivity contribution in [2.24, 2.45) is 5.84 Å². The Kier molecular flexibility index (Phi) is 4.79. The van der Waals surface area contributed by atoms with Crippen LogP contribution in [0.15, 0.2) is 12.3 Å². The van der Waals surface area contributed by atoms with Crippen LogP contribution in [0.3, 0.4) is 0 Å². The lowest BCUT2D eigenvalue weighted by molar-refractivity contribution is 0.0870. The fourth-order valence-corrected chi connectivity index (χ4v) is 1.00. The van der Waals surface area contributed by atoms with Gasteiger partial charge in [-0.15, -0.1) is 0 Å². The summed E-state index contributed by atoms with van der Waals surface area (Å²) < 4.78 is 5.37. The highest BCUT2D eigenvalue weighted by Crippen LogP contribution is 2.03. The number of nitrogens with one attached hydrogen (secondary N) is 2. The van der Waals surface area contributed by atoms with E-state index in [1.807, 2.05) is 13.8 Å². The summed E-state index contributed by atoms with van der Waals surface area (Å²) in [5.74, 6) is 6.31. The number of anilines is 2. The summed E-state index contributed by atoms with van der Waals surface area (Å²) in [7, 11) is 0. The largest absolute Gasteiger partial charge is 0.377 e. The average molecular weight is 211 g/mol. The highest BCUT2D eigenvalue weighted by Gasteiger charge is 1.97. The molecule has 1 aromatic heterocycles. The summed E-state index contributed by atoms with van der Waals surface area (Å²) in [6, 6.07) is 1.77. The average Bonchev–Trinajstić information content (AvgIpc) is 2.24. The van der Waals surface area contributed by atoms with Crippen LogP contribution in [0.1, 0.15) is 13.8 Å². The summed E-state index contributed by atoms with van der Waals surface area (Å²) >= 11 is 0. The third kappa shape index (κ3) is 4.57. The molecule has 0 aliphatic rings. The van der Waals surface area contributed by atoms with Gasteiger partial charge in [0.25, 0.3) is 0 Å². The lowest BCUT2D eigenvalue weighted by Gasteiger charge is -2.09. The molecule has 0 aliphatic carbocycles. The first-order valence-corrected chi connectivity index (χ1v) is 4.87. The predicted octanol–water partition coefficient (Wildman–Crippen LogP) is 0.599. The van der Waals surface area contributed by atoms with Crippen molar-refractivity contribution in [2.75, 3.05) is 23.9 Å². The van der Waals surface area contributed by atoms with E-state index in [0.717, 1.165) is 5.82 Å². The number of nitrogen functional groups attached to an aromatic ring is 1. The smallest absolute Gasteiger partial charge is 0.239 e. The van der Waals surface area contributed by atoms with Crippen molar-refractivity contribution in [1.82, 2.24) is 9.97 Å². The van der Waals surface area contributed by atoms with Gasteiger partial charge in [0.1, 0.15) is 5.82 Å². The van der Waals surface area contributed by atoms with Crippen LogP contribution in [0.2, 0.25) is 0 Å². The van der Waals surface area contributed by atoms with Crippen molar-refractivity contribution in [2.45, 2.75) is 20.0 Å². The molecule has 0 atom stereocenters. The summed E-state index contributed by atoms with van der Waals surface area (Å²) in [4.78, 5) is 7.99. The fourth-order valence-electron chi connectivity index (χ4n) is 1.00. The fraction of sp³-hybridized carbons (Fsp3) is 0.556. The van der Waals surface area contributed by atoms with E-state index >= 15 is 0 Å². The molecule has 1 aromatic rings. The minimum atomic E-state index is 0.249. The molecule has 0 fully saturated rings. The Labute approximate surface area is 89.2 Å². The zero-order valence-electron chi connectivity index (χ0n) is 9.03. The third-order valence-corrected chi connectivity index (χ3v) is 1.64. The van der Waals surface area contributed by atoms with E-state index in [1.165, 1.54) is 0 Å². The second-order valence-electron chi connectivity index (χ2n) is 3.26. The number of rotatable bonds is 6. The summed E-state index contributed by atoms with van der Waals surface area (Å²) in [5.41, 5.74) is 2.38. The van der Waals surface area contributed by atoms with Gasteiger partial charge in [-0.2, -0.15) is 4.98 Å². The maximum absolute atomic E-state index is 5.37. The van der Waals surface area contributed by atoms with Crippen LogP contribution < -0.4 is 16.6 Å². The maximum Gasteiger partial charge on any atom is 0.239 e. The lowest BCUT2D eigenvalue weighted by Crippen LogP contribution is -2.15. The van der Waals surface area contributed by atoms with Crippen LogP contribution in [0, 0.1) is 0 Å². The normalized spacial score (nSPS) is 10.4. The SMILES string of the molecule is CC(C)OCCNc1ccnc(NN)n1. The standard InChI is InChI=1S/C9H17N5O/c1-7(2)15-6-5-11-8-3-4-12-9(13-8)14-10/h3-4,7H,5-6,10H2,1-2H3,(H2,11,12,13,14). The van der Waals surface area contributed by atoms with E-state index in [-0.39, 0.29) is 6.10 Å². The number of hydrogen-bond donors (Lipinski definition) is 3. The van der Waals surface area contributed by atoms with Gasteiger partial charge in [0.2, 0.25) is 5.95 Å². The van der Waals surface area contributed by atoms with Crippen molar-refractivity contribution in [3.05, 3.63) is 12.3 Å². The molecule has 0 bridgehead atoms. The van der Waals surface area contributed by atoms with Crippen molar-refractivity contribution < 1.29 is 4.74 Å². The van der Waals surface area contributed by atoms with E-state index in [1.54, 1.807) is 12.3 Å². The molecule has 0 aliphatic heterocycles. The molecule has 0 aromatic carbocycles. The van der Waals surface area contributed by atoms with Gasteiger partial charge in [-0.05, 0) is 19.9 Å². The van der Waals surface area contributed by atoms with Gasteiger partial charge < -0.3 is 10.1 Å². The van der Waals surface area contributed by atoms with Gasteiger partial charge in [0.05, 0.1) is 12.7 Å². The molecule has 1 heterocycles. The Balaban J connectivity index is 2.30. The van der Waals surface area contributed by atoms with E-state index in [0.29, 0.717) is 19.1 Å². The zero-order chi connectivity index (χ0) is 11.1. The van der Waals surface area contributed by atoms with Crippen LogP contribution in [-0.4, -0.2) is 29.2 Å². The predicted molar refractivity (Wildman–Crippen MR) is 59.4 cm³/mol. The Bertz CT molecular complexity index is 292. The first-order valence-electron chi connectivity index (χ1n) is 4.87. The van der Waals surface area contributed by atoms with Gasteiger partial charge in [-0.25, -0.2) is 10.8 Å². The number of aromatic nitrogens is 2. The van der Waals surface area contributed by atoms with Gasteiger partial charge in [-0.3, -0.25) is 5.43 Å². The van der Waals surface area contributed by atoms with E-state index < -0.39 is 0 Å². The van der Waals surface area contributed by atoms with Crippen molar-refractivity contribution >= 4 is 11.8 Å². The Hall–Kier alpha value is -1.40. The van der Waals surface area contributed by atoms with Crippen molar-refractivity contribution in [3.63, 3.8) is 0 Å². The van der Waals surface area contributed by atoms with Crippen LogP contribution in [0.25, 0.3) is 0 Å². The number of hydrazine groups is 1. The molecule has 15 heavy (non-hydrogen) atoms. The molecule has 84 valence electrons. The minimum Gasteiger partial charge on any atom is -0.377 e. The monoisotopic (exact) mass is 211 g/mol. The van der Waals surface area contributed by atoms with Gasteiger partial charge in [0.15, 0.2) is 0 Å². The number of nitrogens with two attached hydrogens (primary N) is 1. The molecule has 1 rings (SSSR count). The molecule has 0 saturated carbocycles. The first kappa shape index (κ1) is 11.7. The van der Waals surface area contributed by atoms with Crippen LogP contribution >= 0.6 is 0 Å². The quantitative estimate of drug-likeness (QED) is 0.363. The molecule has 6 nitrogen and oxygen atoms in total. The van der Waals surface area contributed by atoms with Crippen LogP contribution in [0.4, 0.5) is 11.8 Å². The summed E-state index contributed by atoms with van der Waals surface area (Å²) in [6.07, 6.45) is 1.88. The van der Waals surface area contributed by atoms with Crippen LogP contribution in [0.5, 0.6) is 0 Å². The second-order valence-corrected chi connectivity index (χ2v) is 3.26. The van der Waals surface area contributed by atoms with Gasteiger partial charge >= 0.3 is 0 Å². The molecule has 4 N–H and O–H groups in total. The molecular weight excluding hydrogens is 194 g/mol. The second kappa shape index (κ2) is 6.15. The van der Waals surface area contributed by atoms with Gasteiger partial charge in [-0.1, -0.05) is 0 Å². The Morgan fingerprint density at radius 2 is 2.33 bits per heavy atom. The Morgan fingerprint density at radius 1 is 1.53 bits per heavy atom. The highest BCUT2D eigenvalue weighted by atomic mass is 16.5. The molecule has 0 spiro atoms. The molecule has 0 unspecified atom stereocenters. The topological polar surface area (TPSA) is 85.1 Å². The molecule has 0 saturated heterocycles. The third-order valence-electron chi connectivity index (χ3n) is 1.64.